The molecule has 0 rings (SSSR count). The van der Waals surface area contributed by atoms with Gasteiger partial charge < -0.3 is 18.1 Å². The van der Waals surface area contributed by atoms with E-state index in [4.69, 9.17) is 5.73 Å². The lowest BCUT2D eigenvalue weighted by molar-refractivity contribution is -1.07. The zero-order valence-electron chi connectivity index (χ0n) is 20.6. The van der Waals surface area contributed by atoms with Crippen LogP contribution in [0.15, 0.2) is 12.2 Å². The first-order valence-electron chi connectivity index (χ1n) is 12.3. The van der Waals surface area contributed by atoms with Crippen molar-refractivity contribution in [2.24, 2.45) is 5.73 Å². The molecule has 0 aromatic carbocycles. The van der Waals surface area contributed by atoms with E-state index in [1.54, 1.807) is 14.1 Å². The first-order chi connectivity index (χ1) is 13.8. The van der Waals surface area contributed by atoms with Crippen LogP contribution in [0.2, 0.25) is 0 Å². The van der Waals surface area contributed by atoms with E-state index >= 15 is 0 Å². The third-order valence-electron chi connectivity index (χ3n) is 4.99. The van der Waals surface area contributed by atoms with Gasteiger partial charge in [-0.1, -0.05) is 83.8 Å². The van der Waals surface area contributed by atoms with Gasteiger partial charge in [0.15, 0.2) is 0 Å². The van der Waals surface area contributed by atoms with E-state index in [9.17, 15) is 10.0 Å². The lowest BCUT2D eigenvalue weighted by Crippen LogP contribution is -3.00. The number of allylic oxidation sites excluding steroid dienone is 2. The van der Waals surface area contributed by atoms with Gasteiger partial charge in [-0.2, -0.15) is 4.65 Å². The van der Waals surface area contributed by atoms with Crippen LogP contribution in [0.3, 0.4) is 0 Å². The predicted molar refractivity (Wildman–Crippen MR) is 127 cm³/mol. The number of hydroxylamine groups is 3. The molecule has 0 atom stereocenters. The molecule has 0 saturated carbocycles. The first-order valence-corrected chi connectivity index (χ1v) is 12.3. The van der Waals surface area contributed by atoms with Crippen LogP contribution in [0.25, 0.3) is 0 Å². The number of carbonyl (C=O) groups is 1. The number of unbranched alkanes of at least 4 members (excludes halogenated alkanes) is 13. The minimum atomic E-state index is -0.164. The molecule has 0 heterocycles. The van der Waals surface area contributed by atoms with Crippen LogP contribution in [-0.4, -0.2) is 36.4 Å². The lowest BCUT2D eigenvalue weighted by atomic mass is 10.1. The first kappa shape index (κ1) is 34.0. The minimum Gasteiger partial charge on any atom is -1.00 e. The third-order valence-corrected chi connectivity index (χ3v) is 4.99. The van der Waals surface area contributed by atoms with Crippen molar-refractivity contribution in [1.29, 1.82) is 0 Å². The van der Waals surface area contributed by atoms with E-state index in [1.807, 2.05) is 0 Å². The van der Waals surface area contributed by atoms with Gasteiger partial charge in [-0.05, 0) is 44.9 Å². The van der Waals surface area contributed by atoms with Crippen molar-refractivity contribution >= 4 is 5.91 Å². The number of rotatable bonds is 19. The average molecular weight is 449 g/mol. The second-order valence-corrected chi connectivity index (χ2v) is 8.85. The number of carbonyl (C=O) groups excluding carboxylic acids is 1. The van der Waals surface area contributed by atoms with Gasteiger partial charge in [0, 0.05) is 6.42 Å². The number of primary amides is 1. The van der Waals surface area contributed by atoms with Crippen LogP contribution in [-0.2, 0) is 4.79 Å². The van der Waals surface area contributed by atoms with Crippen LogP contribution >= 0.6 is 0 Å². The Hall–Kier alpha value is -0.580. The van der Waals surface area contributed by atoms with Gasteiger partial charge in [-0.25, -0.2) is 5.21 Å². The Morgan fingerprint density at radius 2 is 1.13 bits per heavy atom. The zero-order chi connectivity index (χ0) is 22.2. The molecule has 0 aliphatic rings. The molecule has 5 heteroatoms. The summed E-state index contributed by atoms with van der Waals surface area (Å²) >= 11 is 0. The fraction of sp³-hybridized carbons (Fsp3) is 0.880. The Balaban J connectivity index is -0.000000616. The fourth-order valence-electron chi connectivity index (χ4n) is 3.12. The molecule has 0 aromatic rings. The molecule has 4 nitrogen and oxygen atoms in total. The molecule has 0 bridgehead atoms. The summed E-state index contributed by atoms with van der Waals surface area (Å²) in [5.74, 6) is -0.164. The molecular formula is C25H53ClN2O2. The topological polar surface area (TPSA) is 63.3 Å². The molecule has 0 aliphatic heterocycles. The molecule has 1 amide bonds. The van der Waals surface area contributed by atoms with Gasteiger partial charge in [0.1, 0.15) is 6.54 Å². The molecular weight excluding hydrogens is 396 g/mol. The van der Waals surface area contributed by atoms with Gasteiger partial charge in [0.25, 0.3) is 0 Å². The minimum absolute atomic E-state index is 0. The summed E-state index contributed by atoms with van der Waals surface area (Å²) in [5.41, 5.74) is 5.10. The van der Waals surface area contributed by atoms with Crippen LogP contribution in [0.5, 0.6) is 0 Å². The van der Waals surface area contributed by atoms with Crippen molar-refractivity contribution in [3.63, 3.8) is 0 Å². The van der Waals surface area contributed by atoms with E-state index < -0.39 is 0 Å². The van der Waals surface area contributed by atoms with Crippen LogP contribution in [0.1, 0.15) is 123 Å². The van der Waals surface area contributed by atoms with Gasteiger partial charge in [0.2, 0.25) is 5.91 Å². The smallest absolute Gasteiger partial charge is 0.217 e. The molecule has 0 aromatic heterocycles. The van der Waals surface area contributed by atoms with Gasteiger partial charge >= 0.3 is 0 Å². The van der Waals surface area contributed by atoms with E-state index in [-0.39, 0.29) is 23.0 Å². The molecule has 0 unspecified atom stereocenters. The number of hydrogen-bond donors (Lipinski definition) is 2. The van der Waals surface area contributed by atoms with E-state index in [1.165, 1.54) is 83.5 Å². The molecule has 0 aliphatic carbocycles. The van der Waals surface area contributed by atoms with Gasteiger partial charge in [-0.3, -0.25) is 4.79 Å². The highest BCUT2D eigenvalue weighted by molar-refractivity contribution is 5.73. The molecule has 3 N–H and O–H groups in total. The summed E-state index contributed by atoms with van der Waals surface area (Å²) in [6.07, 6.45) is 25.5. The predicted octanol–water partition coefficient (Wildman–Crippen LogP) is 4.16. The maximum absolute atomic E-state index is 10.5. The van der Waals surface area contributed by atoms with Gasteiger partial charge in [-0.15, -0.1) is 0 Å². The highest BCUT2D eigenvalue weighted by atomic mass is 35.5. The molecule has 0 spiro atoms. The monoisotopic (exact) mass is 448 g/mol. The molecule has 0 fully saturated rings. The highest BCUT2D eigenvalue weighted by Gasteiger charge is 2.07. The number of hydrogen-bond acceptors (Lipinski definition) is 2. The van der Waals surface area contributed by atoms with E-state index in [0.29, 0.717) is 6.42 Å². The lowest BCUT2D eigenvalue weighted by Gasteiger charge is -2.18. The molecule has 182 valence electrons. The average Bonchev–Trinajstić information content (AvgIpc) is 2.64. The summed E-state index contributed by atoms with van der Waals surface area (Å²) in [6.45, 7) is 5.30. The summed E-state index contributed by atoms with van der Waals surface area (Å²) in [7, 11) is 3.60. The normalized spacial score (nSPS) is 11.1. The molecule has 0 radical (unpaired) electrons. The second kappa shape index (κ2) is 26.5. The van der Waals surface area contributed by atoms with Crippen molar-refractivity contribution in [3.05, 3.63) is 12.2 Å². The summed E-state index contributed by atoms with van der Waals surface area (Å²) in [4.78, 5) is 10.5. The van der Waals surface area contributed by atoms with E-state index in [2.05, 4.69) is 26.0 Å². The molecule has 30 heavy (non-hydrogen) atoms. The number of nitrogens with zero attached hydrogens (tertiary/aromatic N) is 1. The Labute approximate surface area is 194 Å². The summed E-state index contributed by atoms with van der Waals surface area (Å²) in [5, 5.41) is 9.18. The highest BCUT2D eigenvalue weighted by Crippen LogP contribution is 2.09. The number of nitrogens with two attached hydrogens (primary N) is 1. The maximum Gasteiger partial charge on any atom is 0.217 e. The van der Waals surface area contributed by atoms with Gasteiger partial charge in [0.05, 0.1) is 14.1 Å². The standard InChI is InChI=1S/C18H35NO.C7H18NO.ClH/c1-2-3-4-5-6-7-8-9-10-11-12-13-14-15-16-17-18(19)20;1-4-5-6-7-8(2,3)9;/h9-10H,2-8,11-17H2,1H3,(H2,19,20);9H,4-7H2,1-3H3;1H/q;+1;/p-1/b10-9-;;. The van der Waals surface area contributed by atoms with Crippen molar-refractivity contribution in [2.45, 2.75) is 123 Å². The van der Waals surface area contributed by atoms with Crippen molar-refractivity contribution in [2.75, 3.05) is 20.6 Å². The van der Waals surface area contributed by atoms with Crippen molar-refractivity contribution < 1.29 is 27.1 Å². The van der Waals surface area contributed by atoms with Crippen LogP contribution in [0.4, 0.5) is 0 Å². The van der Waals surface area contributed by atoms with Crippen LogP contribution in [0, 0.1) is 0 Å². The second-order valence-electron chi connectivity index (χ2n) is 8.85. The summed E-state index contributed by atoms with van der Waals surface area (Å²) < 4.78 is 0.111. The Morgan fingerprint density at radius 1 is 0.733 bits per heavy atom. The Kier molecular flexibility index (Phi) is 30.0. The molecule has 0 saturated heterocycles. The van der Waals surface area contributed by atoms with Crippen molar-refractivity contribution in [3.8, 4) is 0 Å². The third kappa shape index (κ3) is 38.1. The number of quaternary nitrogens is 1. The zero-order valence-corrected chi connectivity index (χ0v) is 21.4. The van der Waals surface area contributed by atoms with Crippen molar-refractivity contribution in [1.82, 2.24) is 0 Å². The summed E-state index contributed by atoms with van der Waals surface area (Å²) in [6, 6.07) is 0. The maximum atomic E-state index is 10.5. The van der Waals surface area contributed by atoms with Crippen LogP contribution < -0.4 is 18.1 Å². The van der Waals surface area contributed by atoms with E-state index in [0.717, 1.165) is 25.8 Å². The number of amides is 1. The number of halogens is 1. The fourth-order valence-corrected chi connectivity index (χ4v) is 3.12. The largest absolute Gasteiger partial charge is 1.00 e. The quantitative estimate of drug-likeness (QED) is 0.135. The Morgan fingerprint density at radius 3 is 1.57 bits per heavy atom. The Bertz CT molecular complexity index is 369. The SMILES string of the molecule is CCCCCCCC/C=C\CCCCCCCC(N)=O.CCCCC[N+](C)(C)O.[Cl-].